The topological polar surface area (TPSA) is 125 Å². The van der Waals surface area contributed by atoms with Crippen molar-refractivity contribution in [2.75, 3.05) is 19.8 Å². The first-order valence-electron chi connectivity index (χ1n) is 10.5. The van der Waals surface area contributed by atoms with Crippen LogP contribution in [0.4, 0.5) is 9.18 Å². The number of nitrogens with zero attached hydrogens (tertiary/aromatic N) is 2. The van der Waals surface area contributed by atoms with Crippen LogP contribution < -0.4 is 10.7 Å². The summed E-state index contributed by atoms with van der Waals surface area (Å²) in [5.74, 6) is -2.02. The zero-order valence-corrected chi connectivity index (χ0v) is 18.0. The van der Waals surface area contributed by atoms with E-state index in [2.05, 4.69) is 5.32 Å². The molecule has 0 atom stereocenters. The lowest BCUT2D eigenvalue weighted by Gasteiger charge is -2.14. The molecule has 34 heavy (non-hydrogen) atoms. The number of nitrogens with one attached hydrogen (secondary N) is 1. The predicted molar refractivity (Wildman–Crippen MR) is 121 cm³/mol. The third-order valence-corrected chi connectivity index (χ3v) is 5.38. The van der Waals surface area contributed by atoms with Gasteiger partial charge in [0.25, 0.3) is 5.91 Å². The maximum atomic E-state index is 13.0. The summed E-state index contributed by atoms with van der Waals surface area (Å²) in [5, 5.41) is 21.5. The maximum Gasteiger partial charge on any atom is 0.332 e. The predicted octanol–water partition coefficient (Wildman–Crippen LogP) is 2.26. The number of alkyl halides is 1. The molecule has 3 aromatic rings. The van der Waals surface area contributed by atoms with Gasteiger partial charge in [-0.2, -0.15) is 0 Å². The highest BCUT2D eigenvalue weighted by Gasteiger charge is 2.29. The first-order chi connectivity index (χ1) is 16.4. The molecule has 0 saturated carbocycles. The standard InChI is InChI=1S/C24H22FN3O6/c25-7-8-26-23(32)19(22-21(31)20(30)6-10-34-22)14-27-13-18-11-17(12-28(18)24(27)33)16-3-1-15(2-4-16)5-9-29/h1-4,6,10-12,14,29,31H,5,7-9,13H2,(H,26,32)/b19-14+. The number of aliphatic hydroxyl groups is 1. The van der Waals surface area contributed by atoms with Crippen LogP contribution in [-0.2, 0) is 17.8 Å². The van der Waals surface area contributed by atoms with Crippen molar-refractivity contribution in [2.24, 2.45) is 0 Å². The summed E-state index contributed by atoms with van der Waals surface area (Å²) in [4.78, 5) is 38.7. The number of hydrogen-bond acceptors (Lipinski definition) is 6. The number of aromatic nitrogens is 1. The molecule has 3 heterocycles. The minimum atomic E-state index is -0.818. The minimum Gasteiger partial charge on any atom is -0.502 e. The van der Waals surface area contributed by atoms with Crippen molar-refractivity contribution >= 4 is 17.5 Å². The number of hydrogen-bond donors (Lipinski definition) is 3. The van der Waals surface area contributed by atoms with E-state index in [1.165, 1.54) is 15.7 Å². The Bertz CT molecular complexity index is 1310. The Morgan fingerprint density at radius 2 is 1.94 bits per heavy atom. The van der Waals surface area contributed by atoms with Gasteiger partial charge in [-0.05, 0) is 23.6 Å². The molecule has 0 unspecified atom stereocenters. The molecule has 0 bridgehead atoms. The Hall–Kier alpha value is -4.18. The van der Waals surface area contributed by atoms with Gasteiger partial charge in [-0.15, -0.1) is 0 Å². The van der Waals surface area contributed by atoms with E-state index in [1.807, 2.05) is 30.3 Å². The van der Waals surface area contributed by atoms with Gasteiger partial charge in [-0.1, -0.05) is 24.3 Å². The average molecular weight is 467 g/mol. The third kappa shape index (κ3) is 4.48. The Morgan fingerprint density at radius 3 is 2.62 bits per heavy atom. The third-order valence-electron chi connectivity index (χ3n) is 5.38. The van der Waals surface area contributed by atoms with Gasteiger partial charge in [0.2, 0.25) is 11.2 Å². The molecule has 10 heteroatoms. The first kappa shape index (κ1) is 23.0. The van der Waals surface area contributed by atoms with Crippen molar-refractivity contribution in [3.8, 4) is 16.9 Å². The summed E-state index contributed by atoms with van der Waals surface area (Å²) in [5.41, 5.74) is 2.34. The average Bonchev–Trinajstić information content (AvgIpc) is 3.38. The van der Waals surface area contributed by atoms with Gasteiger partial charge in [0.05, 0.1) is 12.8 Å². The van der Waals surface area contributed by atoms with Crippen LogP contribution in [0.2, 0.25) is 0 Å². The number of benzene rings is 1. The Kier molecular flexibility index (Phi) is 6.60. The molecule has 0 radical (unpaired) electrons. The summed E-state index contributed by atoms with van der Waals surface area (Å²) >= 11 is 0. The first-order valence-corrected chi connectivity index (χ1v) is 10.5. The number of aromatic hydroxyl groups is 1. The number of halogens is 1. The van der Waals surface area contributed by atoms with Gasteiger partial charge >= 0.3 is 6.03 Å². The fourth-order valence-electron chi connectivity index (χ4n) is 3.67. The molecule has 2 amide bonds. The van der Waals surface area contributed by atoms with Crippen LogP contribution in [-0.4, -0.2) is 51.4 Å². The second-order valence-electron chi connectivity index (χ2n) is 7.62. The quantitative estimate of drug-likeness (QED) is 0.437. The van der Waals surface area contributed by atoms with Crippen LogP contribution >= 0.6 is 0 Å². The van der Waals surface area contributed by atoms with E-state index in [0.717, 1.165) is 29.0 Å². The Morgan fingerprint density at radius 1 is 1.18 bits per heavy atom. The highest BCUT2D eigenvalue weighted by molar-refractivity contribution is 6.19. The molecular weight excluding hydrogens is 445 g/mol. The summed E-state index contributed by atoms with van der Waals surface area (Å²) in [7, 11) is 0. The molecule has 0 fully saturated rings. The van der Waals surface area contributed by atoms with Crippen molar-refractivity contribution in [1.82, 2.24) is 14.8 Å². The van der Waals surface area contributed by atoms with Gasteiger partial charge in [-0.3, -0.25) is 19.1 Å². The van der Waals surface area contributed by atoms with Crippen molar-refractivity contribution in [2.45, 2.75) is 13.0 Å². The Labute approximate surface area is 193 Å². The molecule has 0 saturated heterocycles. The molecule has 0 aliphatic carbocycles. The van der Waals surface area contributed by atoms with Crippen LogP contribution in [0, 0.1) is 0 Å². The monoisotopic (exact) mass is 467 g/mol. The van der Waals surface area contributed by atoms with E-state index in [0.29, 0.717) is 12.1 Å². The molecule has 3 N–H and O–H groups in total. The Balaban J connectivity index is 1.63. The van der Waals surface area contributed by atoms with E-state index in [1.54, 1.807) is 6.20 Å². The van der Waals surface area contributed by atoms with Crippen molar-refractivity contribution in [1.29, 1.82) is 0 Å². The van der Waals surface area contributed by atoms with Gasteiger partial charge in [0.1, 0.15) is 12.2 Å². The lowest BCUT2D eigenvalue weighted by atomic mass is 10.1. The van der Waals surface area contributed by atoms with E-state index in [9.17, 15) is 23.9 Å². The lowest BCUT2D eigenvalue weighted by molar-refractivity contribution is -0.115. The second kappa shape index (κ2) is 9.75. The van der Waals surface area contributed by atoms with E-state index >= 15 is 0 Å². The highest BCUT2D eigenvalue weighted by atomic mass is 19.1. The molecule has 0 spiro atoms. The molecule has 1 aliphatic heterocycles. The van der Waals surface area contributed by atoms with Gasteiger partial charge in [-0.25, -0.2) is 9.18 Å². The van der Waals surface area contributed by atoms with Crippen LogP contribution in [0.5, 0.6) is 5.75 Å². The van der Waals surface area contributed by atoms with Gasteiger partial charge in [0.15, 0.2) is 5.76 Å². The number of carbonyl (C=O) groups is 2. The van der Waals surface area contributed by atoms with Gasteiger partial charge < -0.3 is 19.9 Å². The zero-order chi connectivity index (χ0) is 24.2. The largest absolute Gasteiger partial charge is 0.502 e. The normalized spacial score (nSPS) is 13.3. The molecule has 1 aromatic carbocycles. The van der Waals surface area contributed by atoms with E-state index in [-0.39, 0.29) is 25.3 Å². The summed E-state index contributed by atoms with van der Waals surface area (Å²) in [6.45, 7) is -0.918. The minimum absolute atomic E-state index is 0.0652. The van der Waals surface area contributed by atoms with Crippen LogP contribution in [0.3, 0.4) is 0 Å². The molecule has 1 aliphatic rings. The number of rotatable bonds is 8. The van der Waals surface area contributed by atoms with E-state index in [4.69, 9.17) is 9.52 Å². The fraction of sp³-hybridized carbons (Fsp3) is 0.208. The van der Waals surface area contributed by atoms with Crippen LogP contribution in [0.1, 0.15) is 17.0 Å². The summed E-state index contributed by atoms with van der Waals surface area (Å²) < 4.78 is 19.2. The smallest absolute Gasteiger partial charge is 0.332 e. The molecular formula is C24H22FN3O6. The number of fused-ring (bicyclic) bond motifs is 1. The molecule has 9 nitrogen and oxygen atoms in total. The zero-order valence-electron chi connectivity index (χ0n) is 18.0. The van der Waals surface area contributed by atoms with Crippen molar-refractivity contribution in [3.05, 3.63) is 82.3 Å². The number of amides is 2. The number of carbonyl (C=O) groups excluding carboxylic acids is 2. The maximum absolute atomic E-state index is 13.0. The molecule has 176 valence electrons. The van der Waals surface area contributed by atoms with E-state index < -0.39 is 35.6 Å². The van der Waals surface area contributed by atoms with Crippen LogP contribution in [0.25, 0.3) is 16.7 Å². The number of aliphatic hydroxyl groups excluding tert-OH is 1. The van der Waals surface area contributed by atoms with Crippen molar-refractivity contribution in [3.63, 3.8) is 0 Å². The highest BCUT2D eigenvalue weighted by Crippen LogP contribution is 2.29. The second-order valence-corrected chi connectivity index (χ2v) is 7.62. The van der Waals surface area contributed by atoms with Crippen LogP contribution in [0.15, 0.2) is 64.3 Å². The van der Waals surface area contributed by atoms with Crippen molar-refractivity contribution < 1.29 is 28.6 Å². The summed E-state index contributed by atoms with van der Waals surface area (Å²) in [6, 6.07) is 10.0. The summed E-state index contributed by atoms with van der Waals surface area (Å²) in [6.07, 6.45) is 4.42. The molecule has 2 aromatic heterocycles. The lowest BCUT2D eigenvalue weighted by Crippen LogP contribution is -2.29. The molecule has 4 rings (SSSR count). The van der Waals surface area contributed by atoms with Gasteiger partial charge in [0, 0.05) is 42.9 Å². The SMILES string of the molecule is O=C(NCCF)/C(=C/N1Cc2cc(-c3ccc(CCO)cc3)cn2C1=O)c1occc(=O)c1O. The fourth-order valence-corrected chi connectivity index (χ4v) is 3.67.